The lowest BCUT2D eigenvalue weighted by molar-refractivity contribution is -0.161. The second kappa shape index (κ2) is 9.33. The molecule has 1 amide bonds. The van der Waals surface area contributed by atoms with Crippen LogP contribution >= 0.6 is 11.6 Å². The molecule has 0 heterocycles. The van der Waals surface area contributed by atoms with Gasteiger partial charge < -0.3 is 14.7 Å². The van der Waals surface area contributed by atoms with Crippen molar-refractivity contribution in [2.24, 2.45) is 23.7 Å². The summed E-state index contributed by atoms with van der Waals surface area (Å²) in [4.78, 5) is 26.6. The smallest absolute Gasteiger partial charge is 0.303 e. The average molecular weight is 448 g/mol. The number of benzene rings is 1. The number of ether oxygens (including phenoxy) is 1. The van der Waals surface area contributed by atoms with Crippen molar-refractivity contribution in [1.82, 2.24) is 4.90 Å². The minimum atomic E-state index is -0.988. The highest BCUT2D eigenvalue weighted by molar-refractivity contribution is 6.31. The molecular weight excluding hydrogens is 414 g/mol. The van der Waals surface area contributed by atoms with Gasteiger partial charge in [-0.05, 0) is 48.8 Å². The van der Waals surface area contributed by atoms with E-state index in [2.05, 4.69) is 13.0 Å². The number of hydrogen-bond acceptors (Lipinski definition) is 4. The van der Waals surface area contributed by atoms with Gasteiger partial charge in [-0.2, -0.15) is 0 Å². The summed E-state index contributed by atoms with van der Waals surface area (Å²) in [5.41, 5.74) is 0.880. The van der Waals surface area contributed by atoms with Gasteiger partial charge in [-0.3, -0.25) is 9.59 Å². The maximum absolute atomic E-state index is 13.3. The normalized spacial score (nSPS) is 31.3. The molecule has 2 aliphatic carbocycles. The van der Waals surface area contributed by atoms with E-state index in [4.69, 9.17) is 16.3 Å². The van der Waals surface area contributed by atoms with Gasteiger partial charge in [-0.15, -0.1) is 0 Å². The fraction of sp³-hybridized carbons (Fsp3) is 0.600. The maximum atomic E-state index is 13.3. The Kier molecular flexibility index (Phi) is 7.17. The highest BCUT2D eigenvalue weighted by Gasteiger charge is 2.53. The molecule has 1 aromatic rings. The number of carbonyl (C=O) groups is 2. The van der Waals surface area contributed by atoms with Crippen LogP contribution in [-0.4, -0.2) is 40.6 Å². The highest BCUT2D eigenvalue weighted by atomic mass is 35.5. The molecule has 3 rings (SSSR count). The van der Waals surface area contributed by atoms with E-state index in [1.165, 1.54) is 6.92 Å². The molecule has 0 spiro atoms. The summed E-state index contributed by atoms with van der Waals surface area (Å²) in [7, 11) is 1.80. The summed E-state index contributed by atoms with van der Waals surface area (Å²) < 4.78 is 5.47. The molecule has 0 bridgehead atoms. The van der Waals surface area contributed by atoms with Crippen LogP contribution in [0.1, 0.15) is 52.5 Å². The van der Waals surface area contributed by atoms with Gasteiger partial charge in [0, 0.05) is 43.8 Å². The van der Waals surface area contributed by atoms with Crippen LogP contribution in [0.4, 0.5) is 0 Å². The molecule has 6 heteroatoms. The Bertz CT molecular complexity index is 869. The summed E-state index contributed by atoms with van der Waals surface area (Å²) >= 11 is 6.28. The fourth-order valence-corrected chi connectivity index (χ4v) is 5.61. The molecule has 0 unspecified atom stereocenters. The van der Waals surface area contributed by atoms with Gasteiger partial charge in [0.25, 0.3) is 0 Å². The summed E-state index contributed by atoms with van der Waals surface area (Å²) in [6.45, 7) is 7.81. The zero-order chi connectivity index (χ0) is 22.9. The molecule has 31 heavy (non-hydrogen) atoms. The second-order valence-corrected chi connectivity index (χ2v) is 9.85. The maximum Gasteiger partial charge on any atom is 0.303 e. The van der Waals surface area contributed by atoms with Crippen molar-refractivity contribution < 1.29 is 19.4 Å². The first-order chi connectivity index (χ1) is 14.5. The first-order valence-electron chi connectivity index (χ1n) is 11.1. The van der Waals surface area contributed by atoms with Crippen LogP contribution in [0.3, 0.4) is 0 Å². The predicted molar refractivity (Wildman–Crippen MR) is 121 cm³/mol. The standard InChI is InChI=1S/C25H34ClNO4/c1-15-12-21-20(11-10-16(2)25(21,30)13-23(15)31-18(4)28)17(3)24(29)27(5)14-19-8-6-7-9-22(19)26/h6-9,12,16-17,20-21,23,30H,10-11,13-14H2,1-5H3/t16-,17+,20+,21-,23-,25-/m1/s1. The number of halogens is 1. The lowest BCUT2D eigenvalue weighted by Gasteiger charge is -2.52. The van der Waals surface area contributed by atoms with Gasteiger partial charge >= 0.3 is 5.97 Å². The molecule has 0 aliphatic heterocycles. The van der Waals surface area contributed by atoms with Crippen molar-refractivity contribution in [3.8, 4) is 0 Å². The second-order valence-electron chi connectivity index (χ2n) is 9.45. The molecule has 0 radical (unpaired) electrons. The third kappa shape index (κ3) is 4.83. The number of aliphatic hydroxyl groups is 1. The SMILES string of the molecule is CC(=O)O[C@@H]1C[C@@]2(O)[C@H](C)CC[C@@H]([C@H](C)C(=O)N(C)Cc3ccccc3Cl)[C@H]2C=C1C. The van der Waals surface area contributed by atoms with Crippen LogP contribution in [0.15, 0.2) is 35.9 Å². The summed E-state index contributed by atoms with van der Waals surface area (Å²) in [5, 5.41) is 12.3. The summed E-state index contributed by atoms with van der Waals surface area (Å²) in [6.07, 6.45) is 3.74. The molecule has 0 aromatic heterocycles. The molecular formula is C25H34ClNO4. The van der Waals surface area contributed by atoms with E-state index < -0.39 is 11.7 Å². The number of esters is 1. The molecule has 170 valence electrons. The third-order valence-electron chi connectivity index (χ3n) is 7.37. The van der Waals surface area contributed by atoms with Crippen molar-refractivity contribution in [1.29, 1.82) is 0 Å². The Morgan fingerprint density at radius 3 is 2.65 bits per heavy atom. The molecule has 5 nitrogen and oxygen atoms in total. The Hall–Kier alpha value is -1.85. The first kappa shape index (κ1) is 23.8. The Morgan fingerprint density at radius 2 is 2.00 bits per heavy atom. The van der Waals surface area contributed by atoms with Crippen LogP contribution in [0.5, 0.6) is 0 Å². The molecule has 1 N–H and O–H groups in total. The van der Waals surface area contributed by atoms with Gasteiger partial charge in [0.05, 0.1) is 5.60 Å². The molecule has 6 atom stereocenters. The monoisotopic (exact) mass is 447 g/mol. The van der Waals surface area contributed by atoms with E-state index in [1.807, 2.05) is 38.1 Å². The van der Waals surface area contributed by atoms with Gasteiger partial charge in [0.15, 0.2) is 0 Å². The first-order valence-corrected chi connectivity index (χ1v) is 11.5. The van der Waals surface area contributed by atoms with Gasteiger partial charge in [0.1, 0.15) is 6.10 Å². The van der Waals surface area contributed by atoms with Crippen molar-refractivity contribution in [2.45, 2.75) is 65.2 Å². The van der Waals surface area contributed by atoms with Crippen molar-refractivity contribution in [3.05, 3.63) is 46.5 Å². The van der Waals surface area contributed by atoms with Crippen LogP contribution in [0, 0.1) is 23.7 Å². The van der Waals surface area contributed by atoms with Gasteiger partial charge in [-0.1, -0.05) is 49.7 Å². The topological polar surface area (TPSA) is 66.8 Å². The lowest BCUT2D eigenvalue weighted by atomic mass is 9.56. The Balaban J connectivity index is 1.81. The van der Waals surface area contributed by atoms with Crippen LogP contribution in [-0.2, 0) is 20.9 Å². The number of fused-ring (bicyclic) bond motifs is 1. The largest absolute Gasteiger partial charge is 0.458 e. The number of hydrogen-bond donors (Lipinski definition) is 1. The molecule has 2 aliphatic rings. The average Bonchev–Trinajstić information content (AvgIpc) is 2.71. The van der Waals surface area contributed by atoms with E-state index in [9.17, 15) is 14.7 Å². The minimum absolute atomic E-state index is 0.0237. The Morgan fingerprint density at radius 1 is 1.32 bits per heavy atom. The lowest BCUT2D eigenvalue weighted by Crippen LogP contribution is -2.56. The number of carbonyl (C=O) groups excluding carboxylic acids is 2. The number of nitrogens with zero attached hydrogens (tertiary/aromatic N) is 1. The number of amides is 1. The van der Waals surface area contributed by atoms with Crippen molar-refractivity contribution in [3.63, 3.8) is 0 Å². The van der Waals surface area contributed by atoms with E-state index in [1.54, 1.807) is 11.9 Å². The predicted octanol–water partition coefficient (Wildman–Crippen LogP) is 4.61. The zero-order valence-corrected chi connectivity index (χ0v) is 19.9. The summed E-state index contributed by atoms with van der Waals surface area (Å²) in [6, 6.07) is 7.55. The summed E-state index contributed by atoms with van der Waals surface area (Å²) in [5.74, 6) is -0.587. The van der Waals surface area contributed by atoms with E-state index in [0.717, 1.165) is 24.0 Å². The zero-order valence-electron chi connectivity index (χ0n) is 19.1. The van der Waals surface area contributed by atoms with E-state index in [-0.39, 0.29) is 35.5 Å². The van der Waals surface area contributed by atoms with Crippen molar-refractivity contribution in [2.75, 3.05) is 7.05 Å². The quantitative estimate of drug-likeness (QED) is 0.528. The minimum Gasteiger partial charge on any atom is -0.458 e. The third-order valence-corrected chi connectivity index (χ3v) is 7.74. The van der Waals surface area contributed by atoms with Crippen LogP contribution in [0.25, 0.3) is 0 Å². The molecule has 1 fully saturated rings. The van der Waals surface area contributed by atoms with Crippen molar-refractivity contribution >= 4 is 23.5 Å². The highest BCUT2D eigenvalue weighted by Crippen LogP contribution is 2.51. The van der Waals surface area contributed by atoms with E-state index >= 15 is 0 Å². The van der Waals surface area contributed by atoms with Gasteiger partial charge in [-0.25, -0.2) is 0 Å². The molecule has 0 saturated heterocycles. The Labute approximate surface area is 190 Å². The van der Waals surface area contributed by atoms with Crippen LogP contribution < -0.4 is 0 Å². The fourth-order valence-electron chi connectivity index (χ4n) is 5.41. The molecule has 1 saturated carbocycles. The van der Waals surface area contributed by atoms with Crippen LogP contribution in [0.2, 0.25) is 5.02 Å². The van der Waals surface area contributed by atoms with E-state index in [0.29, 0.717) is 18.0 Å². The van der Waals surface area contributed by atoms with Gasteiger partial charge in [0.2, 0.25) is 5.91 Å². The number of rotatable bonds is 5. The molecule has 1 aromatic carbocycles.